The van der Waals surface area contributed by atoms with Crippen molar-refractivity contribution >= 4 is 17.5 Å². The molecule has 2 rings (SSSR count). The summed E-state index contributed by atoms with van der Waals surface area (Å²) in [5, 5.41) is 11.7. The molecular formula is C12H16ClN5O. The number of nitrogens with zero attached hydrogens (tertiary/aromatic N) is 4. The second-order valence-corrected chi connectivity index (χ2v) is 4.82. The van der Waals surface area contributed by atoms with E-state index in [1.54, 1.807) is 9.36 Å². The summed E-state index contributed by atoms with van der Waals surface area (Å²) >= 11 is 5.88. The lowest BCUT2D eigenvalue weighted by molar-refractivity contribution is -0.122. The average molecular weight is 282 g/mol. The lowest BCUT2D eigenvalue weighted by Gasteiger charge is -2.05. The zero-order valence-corrected chi connectivity index (χ0v) is 11.9. The van der Waals surface area contributed by atoms with E-state index >= 15 is 0 Å². The first-order valence-corrected chi connectivity index (χ1v) is 6.29. The van der Waals surface area contributed by atoms with E-state index in [9.17, 15) is 4.79 Å². The van der Waals surface area contributed by atoms with Gasteiger partial charge in [0.15, 0.2) is 0 Å². The van der Waals surface area contributed by atoms with E-state index in [0.717, 1.165) is 17.1 Å². The summed E-state index contributed by atoms with van der Waals surface area (Å²) in [4.78, 5) is 11.8. The maximum Gasteiger partial charge on any atom is 0.242 e. The van der Waals surface area contributed by atoms with Gasteiger partial charge in [-0.15, -0.1) is 0 Å². The topological polar surface area (TPSA) is 64.7 Å². The number of rotatable bonds is 4. The van der Waals surface area contributed by atoms with Crippen molar-refractivity contribution < 1.29 is 4.79 Å². The summed E-state index contributed by atoms with van der Waals surface area (Å²) < 4.78 is 3.35. The number of halogens is 1. The second-order valence-electron chi connectivity index (χ2n) is 4.41. The third-order valence-electron chi connectivity index (χ3n) is 2.97. The maximum absolute atomic E-state index is 11.8. The average Bonchev–Trinajstić information content (AvgIpc) is 2.84. The van der Waals surface area contributed by atoms with E-state index in [2.05, 4.69) is 15.5 Å². The molecule has 7 heteroatoms. The van der Waals surface area contributed by atoms with Crippen LogP contribution in [0.4, 0.5) is 0 Å². The van der Waals surface area contributed by atoms with Crippen LogP contribution in [-0.2, 0) is 24.9 Å². The van der Waals surface area contributed by atoms with Crippen molar-refractivity contribution in [1.82, 2.24) is 24.9 Å². The molecule has 0 fully saturated rings. The van der Waals surface area contributed by atoms with Gasteiger partial charge < -0.3 is 5.32 Å². The van der Waals surface area contributed by atoms with Crippen LogP contribution in [0.5, 0.6) is 0 Å². The van der Waals surface area contributed by atoms with Gasteiger partial charge in [0, 0.05) is 12.7 Å². The van der Waals surface area contributed by atoms with Gasteiger partial charge in [-0.3, -0.25) is 14.2 Å². The molecule has 2 aromatic rings. The second kappa shape index (κ2) is 5.44. The number of carbonyl (C=O) groups is 1. The molecule has 1 amide bonds. The Hall–Kier alpha value is -1.82. The minimum atomic E-state index is -0.119. The fraction of sp³-hybridized carbons (Fsp3) is 0.417. The number of nitrogens with one attached hydrogen (secondary N) is 1. The van der Waals surface area contributed by atoms with Gasteiger partial charge in [-0.2, -0.15) is 10.2 Å². The Morgan fingerprint density at radius 1 is 1.47 bits per heavy atom. The largest absolute Gasteiger partial charge is 0.349 e. The standard InChI is InChI=1S/C12H16ClN5O/c1-8-4-10(16-17(8)3)5-14-12(19)7-18-9(2)11(13)6-15-18/h4,6H,5,7H2,1-3H3,(H,14,19). The summed E-state index contributed by atoms with van der Waals surface area (Å²) in [6.07, 6.45) is 1.53. The molecule has 19 heavy (non-hydrogen) atoms. The van der Waals surface area contributed by atoms with Gasteiger partial charge in [-0.25, -0.2) is 0 Å². The lowest BCUT2D eigenvalue weighted by atomic mass is 10.3. The highest BCUT2D eigenvalue weighted by atomic mass is 35.5. The normalized spacial score (nSPS) is 10.7. The minimum absolute atomic E-state index is 0.119. The highest BCUT2D eigenvalue weighted by molar-refractivity contribution is 6.31. The quantitative estimate of drug-likeness (QED) is 0.916. The van der Waals surface area contributed by atoms with Crippen LogP contribution >= 0.6 is 11.6 Å². The number of carbonyl (C=O) groups excluding carboxylic acids is 1. The maximum atomic E-state index is 11.8. The molecule has 0 atom stereocenters. The van der Waals surface area contributed by atoms with Crippen LogP contribution in [0.25, 0.3) is 0 Å². The summed E-state index contributed by atoms with van der Waals surface area (Å²) in [6.45, 7) is 4.36. The molecule has 0 aromatic carbocycles. The first-order chi connectivity index (χ1) is 8.97. The molecular weight excluding hydrogens is 266 g/mol. The molecule has 2 heterocycles. The van der Waals surface area contributed by atoms with E-state index < -0.39 is 0 Å². The van der Waals surface area contributed by atoms with E-state index in [-0.39, 0.29) is 12.5 Å². The van der Waals surface area contributed by atoms with E-state index in [1.165, 1.54) is 6.20 Å². The molecule has 102 valence electrons. The molecule has 0 saturated carbocycles. The molecule has 0 saturated heterocycles. The lowest BCUT2D eigenvalue weighted by Crippen LogP contribution is -2.28. The van der Waals surface area contributed by atoms with Crippen molar-refractivity contribution in [2.45, 2.75) is 26.9 Å². The number of hydrogen-bond acceptors (Lipinski definition) is 3. The van der Waals surface area contributed by atoms with Gasteiger partial charge in [0.25, 0.3) is 0 Å². The van der Waals surface area contributed by atoms with Crippen molar-refractivity contribution in [3.8, 4) is 0 Å². The smallest absolute Gasteiger partial charge is 0.242 e. The van der Waals surface area contributed by atoms with Crippen LogP contribution in [0.3, 0.4) is 0 Å². The van der Waals surface area contributed by atoms with E-state index in [0.29, 0.717) is 11.6 Å². The molecule has 6 nitrogen and oxygen atoms in total. The summed E-state index contributed by atoms with van der Waals surface area (Å²) in [7, 11) is 1.87. The fourth-order valence-electron chi connectivity index (χ4n) is 1.69. The highest BCUT2D eigenvalue weighted by Gasteiger charge is 2.09. The fourth-order valence-corrected chi connectivity index (χ4v) is 1.83. The van der Waals surface area contributed by atoms with Crippen LogP contribution in [0.2, 0.25) is 5.02 Å². The number of amides is 1. The molecule has 0 unspecified atom stereocenters. The van der Waals surface area contributed by atoms with Crippen molar-refractivity contribution in [1.29, 1.82) is 0 Å². The molecule has 2 aromatic heterocycles. The molecule has 1 N–H and O–H groups in total. The molecule has 0 aliphatic heterocycles. The highest BCUT2D eigenvalue weighted by Crippen LogP contribution is 2.12. The predicted molar refractivity (Wildman–Crippen MR) is 71.8 cm³/mol. The Balaban J connectivity index is 1.90. The zero-order valence-electron chi connectivity index (χ0n) is 11.1. The minimum Gasteiger partial charge on any atom is -0.349 e. The Morgan fingerprint density at radius 3 is 2.74 bits per heavy atom. The summed E-state index contributed by atoms with van der Waals surface area (Å²) in [6, 6.07) is 1.94. The Labute approximate surface area is 116 Å². The van der Waals surface area contributed by atoms with Gasteiger partial charge in [-0.1, -0.05) is 11.6 Å². The van der Waals surface area contributed by atoms with Crippen LogP contribution < -0.4 is 5.32 Å². The summed E-state index contributed by atoms with van der Waals surface area (Å²) in [5.41, 5.74) is 2.67. The SMILES string of the molecule is Cc1cc(CNC(=O)Cn2ncc(Cl)c2C)nn1C. The number of aryl methyl sites for hydroxylation is 2. The van der Waals surface area contributed by atoms with Gasteiger partial charge >= 0.3 is 0 Å². The number of aromatic nitrogens is 4. The van der Waals surface area contributed by atoms with Crippen molar-refractivity contribution in [3.63, 3.8) is 0 Å². The van der Waals surface area contributed by atoms with Crippen molar-refractivity contribution in [2.24, 2.45) is 7.05 Å². The van der Waals surface area contributed by atoms with Crippen LogP contribution in [-0.4, -0.2) is 25.5 Å². The van der Waals surface area contributed by atoms with Crippen LogP contribution in [0, 0.1) is 13.8 Å². The summed E-state index contributed by atoms with van der Waals surface area (Å²) in [5.74, 6) is -0.119. The first-order valence-electron chi connectivity index (χ1n) is 5.91. The van der Waals surface area contributed by atoms with Crippen molar-refractivity contribution in [2.75, 3.05) is 0 Å². The molecule has 0 aliphatic carbocycles. The van der Waals surface area contributed by atoms with Gasteiger partial charge in [0.1, 0.15) is 6.54 Å². The van der Waals surface area contributed by atoms with Crippen LogP contribution in [0.15, 0.2) is 12.3 Å². The number of hydrogen-bond donors (Lipinski definition) is 1. The van der Waals surface area contributed by atoms with Crippen molar-refractivity contribution in [3.05, 3.63) is 34.4 Å². The Morgan fingerprint density at radius 2 is 2.21 bits per heavy atom. The van der Waals surface area contributed by atoms with E-state index in [4.69, 9.17) is 11.6 Å². The first kappa shape index (κ1) is 13.6. The third kappa shape index (κ3) is 3.14. The molecule has 0 spiro atoms. The third-order valence-corrected chi connectivity index (χ3v) is 3.34. The monoisotopic (exact) mass is 281 g/mol. The zero-order chi connectivity index (χ0) is 14.0. The van der Waals surface area contributed by atoms with E-state index in [1.807, 2.05) is 27.0 Å². The Kier molecular flexibility index (Phi) is 3.90. The molecule has 0 bridgehead atoms. The Bertz CT molecular complexity index is 582. The van der Waals surface area contributed by atoms with Gasteiger partial charge in [-0.05, 0) is 19.9 Å². The molecule has 0 aliphatic rings. The van der Waals surface area contributed by atoms with Gasteiger partial charge in [0.05, 0.1) is 29.2 Å². The molecule has 0 radical (unpaired) electrons. The van der Waals surface area contributed by atoms with Crippen LogP contribution in [0.1, 0.15) is 17.1 Å². The predicted octanol–water partition coefficient (Wildman–Crippen LogP) is 1.20. The van der Waals surface area contributed by atoms with Gasteiger partial charge in [0.2, 0.25) is 5.91 Å².